The summed E-state index contributed by atoms with van der Waals surface area (Å²) in [5, 5.41) is 11.0. The van der Waals surface area contributed by atoms with Gasteiger partial charge in [-0.25, -0.2) is 15.0 Å². The molecule has 2 aromatic heterocycles. The summed E-state index contributed by atoms with van der Waals surface area (Å²) in [5.41, 5.74) is 0.213. The van der Waals surface area contributed by atoms with Crippen LogP contribution in [-0.2, 0) is 0 Å². The SMILES string of the molecule is O=[N+]([O-])c1cnc2ncnc(Cl)c2c1. The first kappa shape index (κ1) is 8.76. The number of halogens is 1. The van der Waals surface area contributed by atoms with Gasteiger partial charge in [0.1, 0.15) is 17.7 Å². The minimum absolute atomic E-state index is 0.130. The van der Waals surface area contributed by atoms with E-state index in [1.54, 1.807) is 0 Å². The Morgan fingerprint density at radius 2 is 2.14 bits per heavy atom. The minimum Gasteiger partial charge on any atom is -0.258 e. The van der Waals surface area contributed by atoms with Crippen LogP contribution >= 0.6 is 11.6 Å². The lowest BCUT2D eigenvalue weighted by Gasteiger charge is -1.96. The van der Waals surface area contributed by atoms with E-state index in [4.69, 9.17) is 11.6 Å². The maximum absolute atomic E-state index is 10.4. The summed E-state index contributed by atoms with van der Waals surface area (Å²) in [6.07, 6.45) is 2.38. The second kappa shape index (κ2) is 3.15. The summed E-state index contributed by atoms with van der Waals surface area (Å²) >= 11 is 5.72. The molecule has 70 valence electrons. The molecule has 0 fully saturated rings. The number of nitro groups is 1. The molecule has 0 radical (unpaired) electrons. The van der Waals surface area contributed by atoms with Gasteiger partial charge in [-0.3, -0.25) is 10.1 Å². The van der Waals surface area contributed by atoms with Crippen molar-refractivity contribution in [3.63, 3.8) is 0 Å². The number of rotatable bonds is 1. The Labute approximate surface area is 82.7 Å². The van der Waals surface area contributed by atoms with Gasteiger partial charge in [0, 0.05) is 6.07 Å². The molecular formula is C7H3ClN4O2. The van der Waals surface area contributed by atoms with E-state index in [1.165, 1.54) is 12.4 Å². The van der Waals surface area contributed by atoms with E-state index in [1.807, 2.05) is 0 Å². The van der Waals surface area contributed by atoms with E-state index in [0.717, 1.165) is 6.20 Å². The van der Waals surface area contributed by atoms with Gasteiger partial charge in [0.2, 0.25) is 0 Å². The molecular weight excluding hydrogens is 208 g/mol. The number of hydrogen-bond donors (Lipinski definition) is 0. The van der Waals surface area contributed by atoms with Crippen LogP contribution in [0.2, 0.25) is 5.15 Å². The van der Waals surface area contributed by atoms with E-state index < -0.39 is 4.92 Å². The smallest absolute Gasteiger partial charge is 0.258 e. The molecule has 2 aromatic rings. The van der Waals surface area contributed by atoms with Crippen LogP contribution in [0.5, 0.6) is 0 Å². The van der Waals surface area contributed by atoms with E-state index in [-0.39, 0.29) is 10.8 Å². The third-order valence-electron chi connectivity index (χ3n) is 1.64. The molecule has 0 bridgehead atoms. The lowest BCUT2D eigenvalue weighted by Crippen LogP contribution is -1.92. The topological polar surface area (TPSA) is 81.8 Å². The number of pyridine rings is 1. The lowest BCUT2D eigenvalue weighted by atomic mass is 10.3. The number of fused-ring (bicyclic) bond motifs is 1. The Hall–Kier alpha value is -1.82. The summed E-state index contributed by atoms with van der Waals surface area (Å²) in [7, 11) is 0. The molecule has 14 heavy (non-hydrogen) atoms. The monoisotopic (exact) mass is 210 g/mol. The van der Waals surface area contributed by atoms with Crippen molar-refractivity contribution in [1.29, 1.82) is 0 Å². The third kappa shape index (κ3) is 1.35. The van der Waals surface area contributed by atoms with Crippen molar-refractivity contribution in [3.8, 4) is 0 Å². The standard InChI is InChI=1S/C7H3ClN4O2/c8-6-5-1-4(12(13)14)2-9-7(5)11-3-10-6/h1-3H. The van der Waals surface area contributed by atoms with Crippen LogP contribution in [-0.4, -0.2) is 19.9 Å². The highest BCUT2D eigenvalue weighted by atomic mass is 35.5. The van der Waals surface area contributed by atoms with Gasteiger partial charge in [-0.05, 0) is 0 Å². The largest absolute Gasteiger partial charge is 0.288 e. The fourth-order valence-electron chi connectivity index (χ4n) is 1.00. The van der Waals surface area contributed by atoms with Gasteiger partial charge < -0.3 is 0 Å². The van der Waals surface area contributed by atoms with Crippen LogP contribution in [0.25, 0.3) is 11.0 Å². The van der Waals surface area contributed by atoms with Gasteiger partial charge >= 0.3 is 0 Å². The Balaban J connectivity index is 2.76. The molecule has 0 aliphatic carbocycles. The fraction of sp³-hybridized carbons (Fsp3) is 0. The maximum atomic E-state index is 10.4. The second-order valence-corrected chi connectivity index (χ2v) is 2.84. The molecule has 6 nitrogen and oxygen atoms in total. The Morgan fingerprint density at radius 1 is 1.36 bits per heavy atom. The summed E-state index contributed by atoms with van der Waals surface area (Å²) in [6.45, 7) is 0. The van der Waals surface area contributed by atoms with Crippen molar-refractivity contribution in [3.05, 3.63) is 33.9 Å². The van der Waals surface area contributed by atoms with Crippen LogP contribution in [0.1, 0.15) is 0 Å². The van der Waals surface area contributed by atoms with Gasteiger partial charge in [0.05, 0.1) is 10.3 Å². The quantitative estimate of drug-likeness (QED) is 0.406. The molecule has 0 atom stereocenters. The lowest BCUT2D eigenvalue weighted by molar-refractivity contribution is -0.385. The summed E-state index contributed by atoms with van der Waals surface area (Å²) < 4.78 is 0. The third-order valence-corrected chi connectivity index (χ3v) is 1.94. The number of hydrogen-bond acceptors (Lipinski definition) is 5. The highest BCUT2D eigenvalue weighted by molar-refractivity contribution is 6.33. The molecule has 2 rings (SSSR count). The van der Waals surface area contributed by atoms with Crippen LogP contribution < -0.4 is 0 Å². The Bertz CT molecular complexity index is 516. The zero-order valence-corrected chi connectivity index (χ0v) is 7.47. The van der Waals surface area contributed by atoms with E-state index >= 15 is 0 Å². The molecule has 0 aliphatic rings. The predicted octanol–water partition coefficient (Wildman–Crippen LogP) is 1.59. The van der Waals surface area contributed by atoms with Crippen molar-refractivity contribution >= 4 is 28.3 Å². The normalized spacial score (nSPS) is 10.4. The molecule has 0 amide bonds. The Morgan fingerprint density at radius 3 is 2.86 bits per heavy atom. The van der Waals surface area contributed by atoms with Crippen LogP contribution in [0.4, 0.5) is 5.69 Å². The van der Waals surface area contributed by atoms with Gasteiger partial charge in [-0.1, -0.05) is 11.6 Å². The average Bonchev–Trinajstić information content (AvgIpc) is 2.18. The van der Waals surface area contributed by atoms with Gasteiger partial charge in [0.15, 0.2) is 5.65 Å². The van der Waals surface area contributed by atoms with Crippen LogP contribution in [0.15, 0.2) is 18.6 Å². The summed E-state index contributed by atoms with van der Waals surface area (Å²) in [6, 6.07) is 1.30. The first-order valence-corrected chi connectivity index (χ1v) is 3.97. The maximum Gasteiger partial charge on any atom is 0.288 e. The van der Waals surface area contributed by atoms with Crippen molar-refractivity contribution in [1.82, 2.24) is 15.0 Å². The highest BCUT2D eigenvalue weighted by Gasteiger charge is 2.10. The van der Waals surface area contributed by atoms with Crippen molar-refractivity contribution in [2.45, 2.75) is 0 Å². The average molecular weight is 211 g/mol. The summed E-state index contributed by atoms with van der Waals surface area (Å²) in [5.74, 6) is 0. The van der Waals surface area contributed by atoms with Crippen molar-refractivity contribution < 1.29 is 4.92 Å². The molecule has 0 saturated carbocycles. The van der Waals surface area contributed by atoms with Crippen molar-refractivity contribution in [2.24, 2.45) is 0 Å². The van der Waals surface area contributed by atoms with E-state index in [0.29, 0.717) is 11.0 Å². The van der Waals surface area contributed by atoms with E-state index in [2.05, 4.69) is 15.0 Å². The fourth-order valence-corrected chi connectivity index (χ4v) is 1.19. The zero-order chi connectivity index (χ0) is 10.1. The number of aromatic nitrogens is 3. The second-order valence-electron chi connectivity index (χ2n) is 2.49. The zero-order valence-electron chi connectivity index (χ0n) is 6.72. The van der Waals surface area contributed by atoms with Crippen LogP contribution in [0.3, 0.4) is 0 Å². The molecule has 7 heteroatoms. The minimum atomic E-state index is -0.546. The molecule has 0 aliphatic heterocycles. The highest BCUT2D eigenvalue weighted by Crippen LogP contribution is 2.21. The molecule has 0 saturated heterocycles. The number of nitrogens with zero attached hydrogens (tertiary/aromatic N) is 4. The predicted molar refractivity (Wildman–Crippen MR) is 49.0 cm³/mol. The first-order valence-electron chi connectivity index (χ1n) is 3.59. The summed E-state index contributed by atoms with van der Waals surface area (Å²) in [4.78, 5) is 21.2. The molecule has 0 unspecified atom stereocenters. The molecule has 0 spiro atoms. The molecule has 2 heterocycles. The van der Waals surface area contributed by atoms with Gasteiger partial charge in [0.25, 0.3) is 5.69 Å². The van der Waals surface area contributed by atoms with Crippen LogP contribution in [0, 0.1) is 10.1 Å². The Kier molecular flexibility index (Phi) is 1.97. The van der Waals surface area contributed by atoms with E-state index in [9.17, 15) is 10.1 Å². The molecule has 0 N–H and O–H groups in total. The van der Waals surface area contributed by atoms with Crippen molar-refractivity contribution in [2.75, 3.05) is 0 Å². The van der Waals surface area contributed by atoms with Gasteiger partial charge in [-0.15, -0.1) is 0 Å². The van der Waals surface area contributed by atoms with Gasteiger partial charge in [-0.2, -0.15) is 0 Å². The molecule has 0 aromatic carbocycles. The first-order chi connectivity index (χ1) is 6.68.